The van der Waals surface area contributed by atoms with Gasteiger partial charge in [-0.3, -0.25) is 4.79 Å². The number of amides is 1. The standard InChI is InChI=1S/C16H22ClNO2/c1-2-20-12-16(19)18-10-4-3-5-14(11-18)13-6-8-15(17)9-7-13/h6-9,14H,2-5,10-12H2,1H3. The Hall–Kier alpha value is -1.06. The van der Waals surface area contributed by atoms with Gasteiger partial charge < -0.3 is 9.64 Å². The molecule has 0 aromatic heterocycles. The second-order valence-electron chi connectivity index (χ2n) is 5.22. The summed E-state index contributed by atoms with van der Waals surface area (Å²) in [7, 11) is 0. The van der Waals surface area contributed by atoms with Gasteiger partial charge in [0.1, 0.15) is 6.61 Å². The van der Waals surface area contributed by atoms with Gasteiger partial charge in [0, 0.05) is 30.6 Å². The van der Waals surface area contributed by atoms with Crippen molar-refractivity contribution >= 4 is 17.5 Å². The second-order valence-corrected chi connectivity index (χ2v) is 5.66. The molecule has 0 aliphatic carbocycles. The monoisotopic (exact) mass is 295 g/mol. The Morgan fingerprint density at radius 1 is 1.35 bits per heavy atom. The SMILES string of the molecule is CCOCC(=O)N1CCCCC(c2ccc(Cl)cc2)C1. The molecule has 3 nitrogen and oxygen atoms in total. The Kier molecular flexibility index (Phi) is 5.86. The topological polar surface area (TPSA) is 29.5 Å². The molecule has 0 radical (unpaired) electrons. The summed E-state index contributed by atoms with van der Waals surface area (Å²) in [6.07, 6.45) is 3.35. The smallest absolute Gasteiger partial charge is 0.248 e. The molecule has 0 N–H and O–H groups in total. The predicted octanol–water partition coefficient (Wildman–Crippen LogP) is 3.47. The quantitative estimate of drug-likeness (QED) is 0.851. The third kappa shape index (κ3) is 4.22. The normalized spacial score (nSPS) is 19.7. The van der Waals surface area contributed by atoms with E-state index in [-0.39, 0.29) is 12.5 Å². The molecule has 1 aromatic carbocycles. The molecule has 0 saturated carbocycles. The number of ether oxygens (including phenoxy) is 1. The zero-order chi connectivity index (χ0) is 14.4. The van der Waals surface area contributed by atoms with Gasteiger partial charge in [-0.05, 0) is 37.5 Å². The molecule has 0 bridgehead atoms. The lowest BCUT2D eigenvalue weighted by molar-refractivity contribution is -0.136. The number of rotatable bonds is 4. The van der Waals surface area contributed by atoms with Crippen molar-refractivity contribution in [1.29, 1.82) is 0 Å². The molecule has 1 aromatic rings. The maximum absolute atomic E-state index is 12.1. The van der Waals surface area contributed by atoms with Crippen LogP contribution in [0.25, 0.3) is 0 Å². The van der Waals surface area contributed by atoms with E-state index in [1.165, 1.54) is 5.56 Å². The molecular weight excluding hydrogens is 274 g/mol. The number of likely N-dealkylation sites (tertiary alicyclic amines) is 1. The van der Waals surface area contributed by atoms with Gasteiger partial charge in [-0.15, -0.1) is 0 Å². The minimum absolute atomic E-state index is 0.104. The van der Waals surface area contributed by atoms with Crippen LogP contribution in [0.2, 0.25) is 5.02 Å². The minimum Gasteiger partial charge on any atom is -0.372 e. The molecular formula is C16H22ClNO2. The summed E-state index contributed by atoms with van der Waals surface area (Å²) in [6.45, 7) is 4.32. The first-order valence-corrected chi connectivity index (χ1v) is 7.69. The Morgan fingerprint density at radius 3 is 2.80 bits per heavy atom. The lowest BCUT2D eigenvalue weighted by Crippen LogP contribution is -2.36. The minimum atomic E-state index is 0.104. The Labute approximate surface area is 125 Å². The Morgan fingerprint density at radius 2 is 2.10 bits per heavy atom. The maximum Gasteiger partial charge on any atom is 0.248 e. The molecule has 1 fully saturated rings. The number of hydrogen-bond donors (Lipinski definition) is 0. The molecule has 4 heteroatoms. The third-order valence-electron chi connectivity index (χ3n) is 3.80. The highest BCUT2D eigenvalue weighted by Crippen LogP contribution is 2.27. The van der Waals surface area contributed by atoms with E-state index in [2.05, 4.69) is 12.1 Å². The molecule has 110 valence electrons. The van der Waals surface area contributed by atoms with Crippen LogP contribution in [0.5, 0.6) is 0 Å². The highest BCUT2D eigenvalue weighted by molar-refractivity contribution is 6.30. The molecule has 1 saturated heterocycles. The lowest BCUT2D eigenvalue weighted by atomic mass is 9.94. The Bertz CT molecular complexity index is 433. The zero-order valence-electron chi connectivity index (χ0n) is 12.0. The van der Waals surface area contributed by atoms with Crippen molar-refractivity contribution in [3.63, 3.8) is 0 Å². The van der Waals surface area contributed by atoms with Crippen LogP contribution in [0.1, 0.15) is 37.7 Å². The van der Waals surface area contributed by atoms with Crippen LogP contribution in [-0.2, 0) is 9.53 Å². The summed E-state index contributed by atoms with van der Waals surface area (Å²) in [5, 5.41) is 0.756. The Balaban J connectivity index is 2.02. The van der Waals surface area contributed by atoms with Crippen LogP contribution >= 0.6 is 11.6 Å². The first-order valence-electron chi connectivity index (χ1n) is 7.31. The highest BCUT2D eigenvalue weighted by atomic mass is 35.5. The van der Waals surface area contributed by atoms with Crippen LogP contribution in [0, 0.1) is 0 Å². The van der Waals surface area contributed by atoms with Gasteiger partial charge in [0.15, 0.2) is 0 Å². The summed E-state index contributed by atoms with van der Waals surface area (Å²) < 4.78 is 5.24. The van der Waals surface area contributed by atoms with E-state index in [1.807, 2.05) is 24.0 Å². The number of halogens is 1. The fraction of sp³-hybridized carbons (Fsp3) is 0.562. The lowest BCUT2D eigenvalue weighted by Gasteiger charge is -2.24. The zero-order valence-corrected chi connectivity index (χ0v) is 12.7. The van der Waals surface area contributed by atoms with E-state index in [4.69, 9.17) is 16.3 Å². The number of carbonyl (C=O) groups excluding carboxylic acids is 1. The first-order chi connectivity index (χ1) is 9.70. The second kappa shape index (κ2) is 7.65. The van der Waals surface area contributed by atoms with Gasteiger partial charge in [-0.25, -0.2) is 0 Å². The molecule has 1 aliphatic heterocycles. The van der Waals surface area contributed by atoms with Crippen molar-refractivity contribution in [1.82, 2.24) is 4.90 Å². The average molecular weight is 296 g/mol. The van der Waals surface area contributed by atoms with Crippen molar-refractivity contribution in [3.8, 4) is 0 Å². The van der Waals surface area contributed by atoms with Crippen molar-refractivity contribution < 1.29 is 9.53 Å². The predicted molar refractivity (Wildman–Crippen MR) is 81.1 cm³/mol. The van der Waals surface area contributed by atoms with E-state index in [0.717, 1.165) is 37.4 Å². The summed E-state index contributed by atoms with van der Waals surface area (Å²) in [5.74, 6) is 0.507. The van der Waals surface area contributed by atoms with Crippen LogP contribution < -0.4 is 0 Å². The van der Waals surface area contributed by atoms with E-state index in [1.54, 1.807) is 0 Å². The molecule has 1 atom stereocenters. The van der Waals surface area contributed by atoms with Crippen molar-refractivity contribution in [3.05, 3.63) is 34.9 Å². The molecule has 1 unspecified atom stereocenters. The van der Waals surface area contributed by atoms with Gasteiger partial charge >= 0.3 is 0 Å². The molecule has 1 amide bonds. The molecule has 0 spiro atoms. The van der Waals surface area contributed by atoms with E-state index in [9.17, 15) is 4.79 Å². The van der Waals surface area contributed by atoms with Crippen molar-refractivity contribution in [2.24, 2.45) is 0 Å². The van der Waals surface area contributed by atoms with E-state index >= 15 is 0 Å². The number of carbonyl (C=O) groups is 1. The molecule has 20 heavy (non-hydrogen) atoms. The molecule has 1 heterocycles. The number of hydrogen-bond acceptors (Lipinski definition) is 2. The summed E-state index contributed by atoms with van der Waals surface area (Å²) in [6, 6.07) is 8.00. The maximum atomic E-state index is 12.1. The highest BCUT2D eigenvalue weighted by Gasteiger charge is 2.22. The van der Waals surface area contributed by atoms with Crippen LogP contribution in [0.4, 0.5) is 0 Å². The van der Waals surface area contributed by atoms with Gasteiger partial charge in [0.2, 0.25) is 5.91 Å². The fourth-order valence-electron chi connectivity index (χ4n) is 2.66. The molecule has 1 aliphatic rings. The van der Waals surface area contributed by atoms with Gasteiger partial charge in [0.25, 0.3) is 0 Å². The van der Waals surface area contributed by atoms with Gasteiger partial charge in [-0.2, -0.15) is 0 Å². The molecule has 2 rings (SSSR count). The van der Waals surface area contributed by atoms with Gasteiger partial charge in [-0.1, -0.05) is 30.2 Å². The fourth-order valence-corrected chi connectivity index (χ4v) is 2.78. The summed E-state index contributed by atoms with van der Waals surface area (Å²) in [5.41, 5.74) is 1.27. The van der Waals surface area contributed by atoms with E-state index in [0.29, 0.717) is 12.5 Å². The number of benzene rings is 1. The number of nitrogens with zero attached hydrogens (tertiary/aromatic N) is 1. The summed E-state index contributed by atoms with van der Waals surface area (Å²) >= 11 is 5.94. The van der Waals surface area contributed by atoms with Crippen LogP contribution in [-0.4, -0.2) is 37.1 Å². The van der Waals surface area contributed by atoms with E-state index < -0.39 is 0 Å². The van der Waals surface area contributed by atoms with Crippen LogP contribution in [0.3, 0.4) is 0 Å². The largest absolute Gasteiger partial charge is 0.372 e. The van der Waals surface area contributed by atoms with Gasteiger partial charge in [0.05, 0.1) is 0 Å². The third-order valence-corrected chi connectivity index (χ3v) is 4.05. The van der Waals surface area contributed by atoms with Crippen molar-refractivity contribution in [2.75, 3.05) is 26.3 Å². The summed E-state index contributed by atoms with van der Waals surface area (Å²) in [4.78, 5) is 14.1. The van der Waals surface area contributed by atoms with Crippen molar-refractivity contribution in [2.45, 2.75) is 32.1 Å². The average Bonchev–Trinajstić information content (AvgIpc) is 2.71. The first kappa shape index (κ1) is 15.3. The van der Waals surface area contributed by atoms with Crippen LogP contribution in [0.15, 0.2) is 24.3 Å².